The predicted molar refractivity (Wildman–Crippen MR) is 75.5 cm³/mol. The van der Waals surface area contributed by atoms with E-state index in [1.165, 1.54) is 0 Å². The van der Waals surface area contributed by atoms with Gasteiger partial charge in [-0.15, -0.1) is 0 Å². The van der Waals surface area contributed by atoms with Crippen LogP contribution in [0.2, 0.25) is 0 Å². The number of nitrogens with one attached hydrogen (secondary N) is 2. The minimum Gasteiger partial charge on any atom is -0.394 e. The van der Waals surface area contributed by atoms with Crippen molar-refractivity contribution in [3.05, 3.63) is 0 Å². The Morgan fingerprint density at radius 3 is 2.47 bits per heavy atom. The third-order valence-electron chi connectivity index (χ3n) is 2.44. The molecular weight excluding hydrogens is 269 g/mol. The molecule has 7 nitrogen and oxygen atoms in total. The van der Waals surface area contributed by atoms with Crippen LogP contribution in [0.25, 0.3) is 0 Å². The fourth-order valence-electron chi connectivity index (χ4n) is 1.41. The Morgan fingerprint density at radius 2 is 1.89 bits per heavy atom. The topological polar surface area (TPSA) is 118 Å². The molecular formula is C11H26N3O4P. The van der Waals surface area contributed by atoms with Gasteiger partial charge in [0.15, 0.2) is 5.96 Å². The van der Waals surface area contributed by atoms with Crippen LogP contribution in [0.5, 0.6) is 0 Å². The number of nitrogens with two attached hydrogens (primary N) is 1. The summed E-state index contributed by atoms with van der Waals surface area (Å²) in [5.74, 6) is -0.00625. The first-order valence-corrected chi connectivity index (χ1v) is 8.33. The van der Waals surface area contributed by atoms with E-state index in [0.717, 1.165) is 25.7 Å². The summed E-state index contributed by atoms with van der Waals surface area (Å²) in [4.78, 5) is 0. The SMILES string of the molecule is CCP(=O)(OCCO)OCCCCCCNC(=N)N. The largest absolute Gasteiger partial charge is 0.394 e. The molecule has 0 amide bonds. The lowest BCUT2D eigenvalue weighted by Gasteiger charge is -2.16. The van der Waals surface area contributed by atoms with Crippen molar-refractivity contribution in [2.75, 3.05) is 32.5 Å². The average Bonchev–Trinajstić information content (AvgIpc) is 2.39. The molecule has 0 aliphatic heterocycles. The molecule has 0 fully saturated rings. The molecule has 8 heteroatoms. The zero-order valence-corrected chi connectivity index (χ0v) is 12.5. The Morgan fingerprint density at radius 1 is 1.26 bits per heavy atom. The molecule has 0 aliphatic rings. The van der Waals surface area contributed by atoms with Crippen LogP contribution < -0.4 is 11.1 Å². The Hall–Kier alpha value is -0.620. The maximum Gasteiger partial charge on any atom is 0.330 e. The predicted octanol–water partition coefficient (Wildman–Crippen LogP) is 1.27. The Kier molecular flexibility index (Phi) is 10.9. The molecule has 0 radical (unpaired) electrons. The molecule has 0 aliphatic carbocycles. The van der Waals surface area contributed by atoms with E-state index in [1.807, 2.05) is 0 Å². The Balaban J connectivity index is 3.50. The van der Waals surface area contributed by atoms with Crippen molar-refractivity contribution < 1.29 is 18.7 Å². The average molecular weight is 295 g/mol. The smallest absolute Gasteiger partial charge is 0.330 e. The summed E-state index contributed by atoms with van der Waals surface area (Å²) >= 11 is 0. The van der Waals surface area contributed by atoms with E-state index >= 15 is 0 Å². The third kappa shape index (κ3) is 10.9. The van der Waals surface area contributed by atoms with Gasteiger partial charge < -0.3 is 25.2 Å². The highest BCUT2D eigenvalue weighted by Gasteiger charge is 2.20. The van der Waals surface area contributed by atoms with Gasteiger partial charge in [-0.25, -0.2) is 0 Å². The van der Waals surface area contributed by atoms with Crippen LogP contribution in [0.4, 0.5) is 0 Å². The molecule has 0 rings (SSSR count). The first kappa shape index (κ1) is 18.4. The summed E-state index contributed by atoms with van der Waals surface area (Å²) in [7, 11) is -3.01. The fraction of sp³-hybridized carbons (Fsp3) is 0.909. The second-order valence-corrected chi connectivity index (χ2v) is 6.44. The number of aliphatic hydroxyl groups is 1. The van der Waals surface area contributed by atoms with Gasteiger partial charge in [0.2, 0.25) is 0 Å². The molecule has 0 aromatic heterocycles. The van der Waals surface area contributed by atoms with Gasteiger partial charge in [-0.05, 0) is 12.8 Å². The van der Waals surface area contributed by atoms with Crippen molar-refractivity contribution in [1.82, 2.24) is 5.32 Å². The summed E-state index contributed by atoms with van der Waals surface area (Å²) in [6.45, 7) is 2.73. The van der Waals surface area contributed by atoms with Crippen molar-refractivity contribution in [3.63, 3.8) is 0 Å². The van der Waals surface area contributed by atoms with E-state index in [2.05, 4.69) is 5.32 Å². The number of hydrogen-bond acceptors (Lipinski definition) is 5. The molecule has 0 heterocycles. The zero-order valence-electron chi connectivity index (χ0n) is 11.6. The first-order valence-electron chi connectivity index (χ1n) is 6.61. The van der Waals surface area contributed by atoms with Crippen molar-refractivity contribution >= 4 is 13.6 Å². The van der Waals surface area contributed by atoms with Gasteiger partial charge in [-0.2, -0.15) is 0 Å². The van der Waals surface area contributed by atoms with Crippen LogP contribution in [0.1, 0.15) is 32.6 Å². The van der Waals surface area contributed by atoms with E-state index in [-0.39, 0.29) is 19.2 Å². The van der Waals surface area contributed by atoms with Crippen LogP contribution in [-0.4, -0.2) is 43.6 Å². The second-order valence-electron chi connectivity index (χ2n) is 4.07. The molecule has 1 unspecified atom stereocenters. The monoisotopic (exact) mass is 295 g/mol. The summed E-state index contributed by atoms with van der Waals surface area (Å²) < 4.78 is 22.3. The molecule has 0 aromatic carbocycles. The number of aliphatic hydroxyl groups excluding tert-OH is 1. The summed E-state index contributed by atoms with van der Waals surface area (Å²) in [5.41, 5.74) is 5.15. The summed E-state index contributed by atoms with van der Waals surface area (Å²) in [6.07, 6.45) is 4.02. The lowest BCUT2D eigenvalue weighted by atomic mass is 10.2. The third-order valence-corrected chi connectivity index (χ3v) is 4.37. The van der Waals surface area contributed by atoms with Crippen LogP contribution >= 0.6 is 7.60 Å². The molecule has 0 saturated heterocycles. The highest BCUT2D eigenvalue weighted by molar-refractivity contribution is 7.53. The lowest BCUT2D eigenvalue weighted by Crippen LogP contribution is -2.30. The van der Waals surface area contributed by atoms with Gasteiger partial charge in [0.25, 0.3) is 0 Å². The van der Waals surface area contributed by atoms with E-state index in [9.17, 15) is 4.57 Å². The zero-order chi connectivity index (χ0) is 14.6. The highest BCUT2D eigenvalue weighted by atomic mass is 31.2. The van der Waals surface area contributed by atoms with E-state index in [0.29, 0.717) is 19.3 Å². The molecule has 114 valence electrons. The Labute approximate surface area is 114 Å². The van der Waals surface area contributed by atoms with Crippen LogP contribution in [0.15, 0.2) is 0 Å². The van der Waals surface area contributed by atoms with Crippen molar-refractivity contribution in [2.45, 2.75) is 32.6 Å². The highest BCUT2D eigenvalue weighted by Crippen LogP contribution is 2.47. The molecule has 5 N–H and O–H groups in total. The molecule has 0 aromatic rings. The maximum absolute atomic E-state index is 11.9. The molecule has 0 spiro atoms. The molecule has 0 bridgehead atoms. The quantitative estimate of drug-likeness (QED) is 0.186. The van der Waals surface area contributed by atoms with Crippen LogP contribution in [0.3, 0.4) is 0 Å². The van der Waals surface area contributed by atoms with Crippen LogP contribution in [0, 0.1) is 5.41 Å². The minimum atomic E-state index is -3.01. The van der Waals surface area contributed by atoms with E-state index < -0.39 is 7.60 Å². The van der Waals surface area contributed by atoms with Gasteiger partial charge in [-0.1, -0.05) is 19.8 Å². The van der Waals surface area contributed by atoms with E-state index in [1.54, 1.807) is 6.92 Å². The minimum absolute atomic E-state index is 0.00625. The summed E-state index contributed by atoms with van der Waals surface area (Å²) in [6, 6.07) is 0. The van der Waals surface area contributed by atoms with Crippen molar-refractivity contribution in [3.8, 4) is 0 Å². The standard InChI is InChI=1S/C11H26N3O4P/c1-2-19(16,18-10-8-15)17-9-6-4-3-5-7-14-11(12)13/h15H,2-10H2,1H3,(H4,12,13,14). The molecule has 19 heavy (non-hydrogen) atoms. The fourth-order valence-corrected chi connectivity index (χ4v) is 2.61. The van der Waals surface area contributed by atoms with E-state index in [4.69, 9.17) is 25.3 Å². The number of hydrogen-bond donors (Lipinski definition) is 4. The second kappa shape index (κ2) is 11.2. The van der Waals surface area contributed by atoms with Gasteiger partial charge >= 0.3 is 7.60 Å². The normalized spacial score (nSPS) is 14.0. The molecule has 0 saturated carbocycles. The maximum atomic E-state index is 11.9. The summed E-state index contributed by atoms with van der Waals surface area (Å²) in [5, 5.41) is 18.3. The number of unbranched alkanes of at least 4 members (excludes halogenated alkanes) is 3. The van der Waals surface area contributed by atoms with Gasteiger partial charge in [0.1, 0.15) is 0 Å². The van der Waals surface area contributed by atoms with Crippen molar-refractivity contribution in [2.24, 2.45) is 5.73 Å². The van der Waals surface area contributed by atoms with Gasteiger partial charge in [0.05, 0.1) is 19.8 Å². The van der Waals surface area contributed by atoms with Gasteiger partial charge in [0, 0.05) is 12.7 Å². The Bertz CT molecular complexity index is 289. The number of rotatable bonds is 12. The van der Waals surface area contributed by atoms with Crippen molar-refractivity contribution in [1.29, 1.82) is 5.41 Å². The van der Waals surface area contributed by atoms with Crippen LogP contribution in [-0.2, 0) is 13.6 Å². The lowest BCUT2D eigenvalue weighted by molar-refractivity contribution is 0.160. The number of guanidine groups is 1. The first-order chi connectivity index (χ1) is 9.04. The van der Waals surface area contributed by atoms with Gasteiger partial charge in [-0.3, -0.25) is 9.97 Å². The molecule has 1 atom stereocenters.